The highest BCUT2D eigenvalue weighted by atomic mass is 16.5. The van der Waals surface area contributed by atoms with Gasteiger partial charge in [-0.2, -0.15) is 0 Å². The number of nitrogens with zero attached hydrogens (tertiary/aromatic N) is 1. The van der Waals surface area contributed by atoms with Crippen LogP contribution in [0.15, 0.2) is 66.9 Å². The molecule has 0 aliphatic heterocycles. The first kappa shape index (κ1) is 18.9. The average molecular weight is 377 g/mol. The minimum absolute atomic E-state index is 0.279. The van der Waals surface area contributed by atoms with E-state index in [9.17, 15) is 9.59 Å². The van der Waals surface area contributed by atoms with Crippen molar-refractivity contribution in [3.63, 3.8) is 0 Å². The number of methoxy groups -OCH3 is 2. The molecular formula is C21H19N3O4. The van der Waals surface area contributed by atoms with Gasteiger partial charge in [0.05, 0.1) is 31.0 Å². The van der Waals surface area contributed by atoms with E-state index in [1.807, 2.05) is 0 Å². The van der Waals surface area contributed by atoms with Crippen molar-refractivity contribution in [2.45, 2.75) is 0 Å². The minimum Gasteiger partial charge on any atom is -0.497 e. The minimum atomic E-state index is -0.446. The summed E-state index contributed by atoms with van der Waals surface area (Å²) in [5.74, 6) is 0.484. The van der Waals surface area contributed by atoms with Gasteiger partial charge in [0.2, 0.25) is 0 Å². The summed E-state index contributed by atoms with van der Waals surface area (Å²) in [5, 5.41) is 5.85. The maximum absolute atomic E-state index is 12.4. The van der Waals surface area contributed by atoms with Crippen molar-refractivity contribution in [3.05, 3.63) is 78.0 Å². The molecular weight excluding hydrogens is 358 g/mol. The molecule has 28 heavy (non-hydrogen) atoms. The van der Waals surface area contributed by atoms with E-state index in [0.717, 1.165) is 0 Å². The Morgan fingerprint density at radius 2 is 1.68 bits per heavy atom. The number of esters is 1. The van der Waals surface area contributed by atoms with E-state index in [1.54, 1.807) is 67.8 Å². The van der Waals surface area contributed by atoms with Crippen LogP contribution in [0.1, 0.15) is 20.7 Å². The van der Waals surface area contributed by atoms with E-state index < -0.39 is 5.97 Å². The number of ether oxygens (including phenoxy) is 2. The first-order chi connectivity index (χ1) is 13.6. The molecule has 0 saturated carbocycles. The third kappa shape index (κ3) is 4.45. The first-order valence-electron chi connectivity index (χ1n) is 8.46. The van der Waals surface area contributed by atoms with E-state index in [1.165, 1.54) is 13.3 Å². The number of amides is 1. The zero-order valence-corrected chi connectivity index (χ0v) is 15.4. The van der Waals surface area contributed by atoms with Gasteiger partial charge in [-0.1, -0.05) is 12.1 Å². The smallest absolute Gasteiger partial charge is 0.339 e. The Hall–Kier alpha value is -3.87. The van der Waals surface area contributed by atoms with E-state index in [-0.39, 0.29) is 5.91 Å². The first-order valence-corrected chi connectivity index (χ1v) is 8.46. The van der Waals surface area contributed by atoms with Crippen LogP contribution in [-0.4, -0.2) is 31.1 Å². The summed E-state index contributed by atoms with van der Waals surface area (Å²) in [6, 6.07) is 17.3. The normalized spacial score (nSPS) is 10.1. The lowest BCUT2D eigenvalue weighted by molar-refractivity contribution is 0.0601. The number of aromatic nitrogens is 1. The average Bonchev–Trinajstić information content (AvgIpc) is 2.74. The van der Waals surface area contributed by atoms with Crippen molar-refractivity contribution in [2.24, 2.45) is 0 Å². The van der Waals surface area contributed by atoms with Crippen LogP contribution >= 0.6 is 0 Å². The standard InChI is InChI=1S/C21H19N3O4/c1-27-16-10-8-15(9-11-16)23-20(25)14-7-12-19(22-13-14)24-18-6-4-3-5-17(18)21(26)28-2/h3-13H,1-2H3,(H,22,24)(H,23,25). The summed E-state index contributed by atoms with van der Waals surface area (Å²) < 4.78 is 9.87. The van der Waals surface area contributed by atoms with Gasteiger partial charge in [-0.05, 0) is 48.5 Å². The summed E-state index contributed by atoms with van der Waals surface area (Å²) >= 11 is 0. The molecule has 7 heteroatoms. The number of anilines is 3. The topological polar surface area (TPSA) is 89.5 Å². The predicted molar refractivity (Wildman–Crippen MR) is 106 cm³/mol. The van der Waals surface area contributed by atoms with Gasteiger partial charge in [-0.25, -0.2) is 9.78 Å². The monoisotopic (exact) mass is 377 g/mol. The maximum atomic E-state index is 12.4. The zero-order valence-electron chi connectivity index (χ0n) is 15.4. The number of pyridine rings is 1. The second-order valence-corrected chi connectivity index (χ2v) is 5.78. The van der Waals surface area contributed by atoms with E-state index in [0.29, 0.717) is 34.1 Å². The Morgan fingerprint density at radius 1 is 0.929 bits per heavy atom. The lowest BCUT2D eigenvalue weighted by Crippen LogP contribution is -2.12. The molecule has 1 amide bonds. The molecule has 3 rings (SSSR count). The highest BCUT2D eigenvalue weighted by Gasteiger charge is 2.12. The van der Waals surface area contributed by atoms with Crippen LogP contribution in [0.4, 0.5) is 17.2 Å². The zero-order chi connectivity index (χ0) is 19.9. The highest BCUT2D eigenvalue weighted by molar-refractivity contribution is 6.04. The Morgan fingerprint density at radius 3 is 2.32 bits per heavy atom. The maximum Gasteiger partial charge on any atom is 0.339 e. The lowest BCUT2D eigenvalue weighted by atomic mass is 10.1. The molecule has 0 radical (unpaired) electrons. The van der Waals surface area contributed by atoms with E-state index >= 15 is 0 Å². The van der Waals surface area contributed by atoms with Gasteiger partial charge in [0, 0.05) is 11.9 Å². The molecule has 142 valence electrons. The number of hydrogen-bond acceptors (Lipinski definition) is 6. The third-order valence-electron chi connectivity index (χ3n) is 3.97. The molecule has 0 unspecified atom stereocenters. The predicted octanol–water partition coefficient (Wildman–Crippen LogP) is 3.87. The van der Waals surface area contributed by atoms with Gasteiger partial charge in [0.1, 0.15) is 11.6 Å². The summed E-state index contributed by atoms with van der Waals surface area (Å²) in [5.41, 5.74) is 2.02. The van der Waals surface area contributed by atoms with Gasteiger partial charge >= 0.3 is 5.97 Å². The van der Waals surface area contributed by atoms with Crippen molar-refractivity contribution in [1.29, 1.82) is 0 Å². The van der Waals surface area contributed by atoms with Crippen molar-refractivity contribution in [1.82, 2.24) is 4.98 Å². The fourth-order valence-electron chi connectivity index (χ4n) is 2.50. The third-order valence-corrected chi connectivity index (χ3v) is 3.97. The molecule has 0 aliphatic rings. The number of benzene rings is 2. The van der Waals surface area contributed by atoms with Gasteiger partial charge < -0.3 is 20.1 Å². The second kappa shape index (κ2) is 8.68. The number of rotatable bonds is 6. The number of hydrogen-bond donors (Lipinski definition) is 2. The number of nitrogens with one attached hydrogen (secondary N) is 2. The van der Waals surface area contributed by atoms with E-state index in [2.05, 4.69) is 15.6 Å². The lowest BCUT2D eigenvalue weighted by Gasteiger charge is -2.10. The van der Waals surface area contributed by atoms with Crippen LogP contribution in [0.25, 0.3) is 0 Å². The van der Waals surface area contributed by atoms with Crippen LogP contribution in [0, 0.1) is 0 Å². The Bertz CT molecular complexity index is 970. The van der Waals surface area contributed by atoms with Crippen LogP contribution < -0.4 is 15.4 Å². The number of carbonyl (C=O) groups excluding carboxylic acids is 2. The molecule has 0 aliphatic carbocycles. The number of carbonyl (C=O) groups is 2. The second-order valence-electron chi connectivity index (χ2n) is 5.78. The fraction of sp³-hybridized carbons (Fsp3) is 0.0952. The molecule has 1 aromatic heterocycles. The summed E-state index contributed by atoms with van der Waals surface area (Å²) in [7, 11) is 2.91. The molecule has 2 aromatic carbocycles. The van der Waals surface area contributed by atoms with Gasteiger partial charge in [0.15, 0.2) is 0 Å². The number of para-hydroxylation sites is 1. The van der Waals surface area contributed by atoms with Crippen LogP contribution in [-0.2, 0) is 4.74 Å². The largest absolute Gasteiger partial charge is 0.497 e. The summed E-state index contributed by atoms with van der Waals surface area (Å²) in [6.07, 6.45) is 1.46. The molecule has 0 saturated heterocycles. The van der Waals surface area contributed by atoms with Crippen molar-refractivity contribution in [2.75, 3.05) is 24.9 Å². The molecule has 3 aromatic rings. The molecule has 0 fully saturated rings. The van der Waals surface area contributed by atoms with Crippen LogP contribution in [0.2, 0.25) is 0 Å². The van der Waals surface area contributed by atoms with Crippen molar-refractivity contribution < 1.29 is 19.1 Å². The van der Waals surface area contributed by atoms with Crippen LogP contribution in [0.3, 0.4) is 0 Å². The SMILES string of the molecule is COC(=O)c1ccccc1Nc1ccc(C(=O)Nc2ccc(OC)cc2)cn1. The van der Waals surface area contributed by atoms with Gasteiger partial charge in [-0.3, -0.25) is 4.79 Å². The Balaban J connectivity index is 1.69. The molecule has 0 atom stereocenters. The van der Waals surface area contributed by atoms with Crippen LogP contribution in [0.5, 0.6) is 5.75 Å². The quantitative estimate of drug-likeness (QED) is 0.634. The van der Waals surface area contributed by atoms with Crippen molar-refractivity contribution >= 4 is 29.1 Å². The summed E-state index contributed by atoms with van der Waals surface area (Å²) in [6.45, 7) is 0. The fourth-order valence-corrected chi connectivity index (χ4v) is 2.50. The molecule has 1 heterocycles. The van der Waals surface area contributed by atoms with E-state index in [4.69, 9.17) is 9.47 Å². The molecule has 2 N–H and O–H groups in total. The van der Waals surface area contributed by atoms with Gasteiger partial charge in [-0.15, -0.1) is 0 Å². The van der Waals surface area contributed by atoms with Crippen molar-refractivity contribution in [3.8, 4) is 5.75 Å². The molecule has 0 bridgehead atoms. The summed E-state index contributed by atoms with van der Waals surface area (Å²) in [4.78, 5) is 28.4. The highest BCUT2D eigenvalue weighted by Crippen LogP contribution is 2.21. The van der Waals surface area contributed by atoms with Gasteiger partial charge in [0.25, 0.3) is 5.91 Å². The molecule has 7 nitrogen and oxygen atoms in total. The Labute approximate surface area is 162 Å². The molecule has 0 spiro atoms. The Kier molecular flexibility index (Phi) is 5.86.